The number of carbonyl (C=O) groups excluding carboxylic acids is 1. The summed E-state index contributed by atoms with van der Waals surface area (Å²) in [6.45, 7) is 0. The quantitative estimate of drug-likeness (QED) is 0.784. The number of amides is 1. The number of hydrogen-bond donors (Lipinski definition) is 2. The molecule has 3 N–H and O–H groups in total. The summed E-state index contributed by atoms with van der Waals surface area (Å²) in [6, 6.07) is 9.80. The molecule has 0 spiro atoms. The molecule has 2 atom stereocenters. The topological polar surface area (TPSA) is 68.0 Å². The SMILES string of the molecule is NC(=O)C1CCC(NC2CC2c2ccc(-c3cccc(C(F)(F)F)c3)nc2)CC1. The molecule has 1 heterocycles. The van der Waals surface area contributed by atoms with Crippen molar-refractivity contribution in [3.8, 4) is 11.3 Å². The number of nitrogens with one attached hydrogen (secondary N) is 1. The lowest BCUT2D eigenvalue weighted by molar-refractivity contribution is -0.137. The Morgan fingerprint density at radius 1 is 1.10 bits per heavy atom. The fourth-order valence-corrected chi connectivity index (χ4v) is 4.25. The van der Waals surface area contributed by atoms with Gasteiger partial charge in [0.15, 0.2) is 0 Å². The first-order chi connectivity index (χ1) is 13.8. The third-order valence-electron chi connectivity index (χ3n) is 6.07. The average molecular weight is 403 g/mol. The maximum absolute atomic E-state index is 12.9. The summed E-state index contributed by atoms with van der Waals surface area (Å²) < 4.78 is 38.7. The van der Waals surface area contributed by atoms with Gasteiger partial charge in [-0.3, -0.25) is 9.78 Å². The molecule has 0 aliphatic heterocycles. The fraction of sp³-hybridized carbons (Fsp3) is 0.455. The van der Waals surface area contributed by atoms with E-state index in [0.717, 1.165) is 49.8 Å². The fourth-order valence-electron chi connectivity index (χ4n) is 4.25. The van der Waals surface area contributed by atoms with Crippen LogP contribution in [0.4, 0.5) is 13.2 Å². The monoisotopic (exact) mass is 403 g/mol. The highest BCUT2D eigenvalue weighted by Gasteiger charge is 2.40. The van der Waals surface area contributed by atoms with Crippen LogP contribution in [0.1, 0.15) is 49.1 Å². The number of carbonyl (C=O) groups is 1. The molecule has 1 aromatic carbocycles. The zero-order chi connectivity index (χ0) is 20.6. The Labute approximate surface area is 167 Å². The lowest BCUT2D eigenvalue weighted by atomic mass is 9.85. The van der Waals surface area contributed by atoms with Crippen molar-refractivity contribution in [1.29, 1.82) is 0 Å². The molecule has 2 aliphatic carbocycles. The molecule has 2 aliphatic rings. The van der Waals surface area contributed by atoms with Crippen LogP contribution < -0.4 is 11.1 Å². The van der Waals surface area contributed by atoms with Gasteiger partial charge in [0.2, 0.25) is 5.91 Å². The zero-order valence-corrected chi connectivity index (χ0v) is 16.0. The van der Waals surface area contributed by atoms with Crippen molar-refractivity contribution in [1.82, 2.24) is 10.3 Å². The number of benzene rings is 1. The maximum Gasteiger partial charge on any atom is 0.416 e. The van der Waals surface area contributed by atoms with Crippen LogP contribution in [0.2, 0.25) is 0 Å². The molecular weight excluding hydrogens is 379 g/mol. The number of halogens is 3. The van der Waals surface area contributed by atoms with Gasteiger partial charge >= 0.3 is 6.18 Å². The van der Waals surface area contributed by atoms with E-state index in [1.807, 2.05) is 6.07 Å². The predicted molar refractivity (Wildman–Crippen MR) is 104 cm³/mol. The number of aromatic nitrogens is 1. The molecule has 29 heavy (non-hydrogen) atoms. The van der Waals surface area contributed by atoms with E-state index in [9.17, 15) is 18.0 Å². The Hall–Kier alpha value is -2.41. The normalized spacial score (nSPS) is 26.9. The number of hydrogen-bond acceptors (Lipinski definition) is 3. The van der Waals surface area contributed by atoms with E-state index in [4.69, 9.17) is 5.73 Å². The van der Waals surface area contributed by atoms with Gasteiger partial charge in [-0.25, -0.2) is 0 Å². The molecule has 0 saturated heterocycles. The average Bonchev–Trinajstić information content (AvgIpc) is 3.47. The summed E-state index contributed by atoms with van der Waals surface area (Å²) in [5.41, 5.74) is 6.82. The van der Waals surface area contributed by atoms with Crippen molar-refractivity contribution in [2.45, 2.75) is 56.3 Å². The van der Waals surface area contributed by atoms with Crippen LogP contribution >= 0.6 is 0 Å². The van der Waals surface area contributed by atoms with E-state index >= 15 is 0 Å². The van der Waals surface area contributed by atoms with Gasteiger partial charge in [0.25, 0.3) is 0 Å². The number of nitrogens with two attached hydrogens (primary N) is 1. The van der Waals surface area contributed by atoms with E-state index in [1.54, 1.807) is 18.3 Å². The Kier molecular flexibility index (Phi) is 5.34. The highest BCUT2D eigenvalue weighted by atomic mass is 19.4. The maximum atomic E-state index is 12.9. The summed E-state index contributed by atoms with van der Waals surface area (Å²) >= 11 is 0. The molecule has 154 valence electrons. The van der Waals surface area contributed by atoms with Crippen molar-refractivity contribution in [3.63, 3.8) is 0 Å². The van der Waals surface area contributed by atoms with E-state index < -0.39 is 11.7 Å². The van der Waals surface area contributed by atoms with Crippen molar-refractivity contribution in [2.75, 3.05) is 0 Å². The van der Waals surface area contributed by atoms with Gasteiger partial charge in [0.05, 0.1) is 11.3 Å². The van der Waals surface area contributed by atoms with E-state index in [2.05, 4.69) is 10.3 Å². The van der Waals surface area contributed by atoms with Gasteiger partial charge in [-0.2, -0.15) is 13.2 Å². The highest BCUT2D eigenvalue weighted by Crippen LogP contribution is 2.42. The van der Waals surface area contributed by atoms with Gasteiger partial charge in [-0.1, -0.05) is 18.2 Å². The Morgan fingerprint density at radius 3 is 2.48 bits per heavy atom. The predicted octanol–water partition coefficient (Wildman–Crippen LogP) is 4.26. The molecular formula is C22H24F3N3O. The third-order valence-corrected chi connectivity index (χ3v) is 6.07. The smallest absolute Gasteiger partial charge is 0.369 e. The van der Waals surface area contributed by atoms with Gasteiger partial charge < -0.3 is 11.1 Å². The second-order valence-corrected chi connectivity index (χ2v) is 8.12. The van der Waals surface area contributed by atoms with Crippen molar-refractivity contribution < 1.29 is 18.0 Å². The minimum atomic E-state index is -4.36. The van der Waals surface area contributed by atoms with Crippen LogP contribution in [0.3, 0.4) is 0 Å². The van der Waals surface area contributed by atoms with Gasteiger partial charge in [-0.15, -0.1) is 0 Å². The number of primary amides is 1. The Morgan fingerprint density at radius 2 is 1.86 bits per heavy atom. The van der Waals surface area contributed by atoms with Crippen LogP contribution in [0.5, 0.6) is 0 Å². The minimum Gasteiger partial charge on any atom is -0.369 e. The molecule has 2 fully saturated rings. The number of alkyl halides is 3. The molecule has 1 amide bonds. The Bertz CT molecular complexity index is 874. The van der Waals surface area contributed by atoms with Gasteiger partial charge in [0, 0.05) is 35.7 Å². The van der Waals surface area contributed by atoms with Crippen LogP contribution in [-0.2, 0) is 11.0 Å². The largest absolute Gasteiger partial charge is 0.416 e. The first-order valence-electron chi connectivity index (χ1n) is 10.00. The van der Waals surface area contributed by atoms with E-state index in [0.29, 0.717) is 29.3 Å². The third kappa shape index (κ3) is 4.61. The Balaban J connectivity index is 1.35. The molecule has 4 nitrogen and oxygen atoms in total. The molecule has 2 unspecified atom stereocenters. The number of rotatable bonds is 5. The summed E-state index contributed by atoms with van der Waals surface area (Å²) in [5, 5.41) is 3.67. The van der Waals surface area contributed by atoms with Gasteiger partial charge in [0.1, 0.15) is 0 Å². The van der Waals surface area contributed by atoms with E-state index in [-0.39, 0.29) is 11.8 Å². The lowest BCUT2D eigenvalue weighted by Gasteiger charge is -2.27. The minimum absolute atomic E-state index is 0.00985. The summed E-state index contributed by atoms with van der Waals surface area (Å²) in [4.78, 5) is 15.7. The van der Waals surface area contributed by atoms with E-state index in [1.165, 1.54) is 6.07 Å². The molecule has 7 heteroatoms. The zero-order valence-electron chi connectivity index (χ0n) is 16.0. The summed E-state index contributed by atoms with van der Waals surface area (Å²) in [5.74, 6) is 0.197. The standard InChI is InChI=1S/C22H24F3N3O/c23-22(24,25)16-3-1-2-14(10-16)19-9-6-15(12-27-19)18-11-20(18)28-17-7-4-13(5-8-17)21(26)29/h1-3,6,9-10,12-13,17-18,20,28H,4-5,7-8,11H2,(H2,26,29). The molecule has 0 bridgehead atoms. The first-order valence-corrected chi connectivity index (χ1v) is 10.00. The second kappa shape index (κ2) is 7.78. The van der Waals surface area contributed by atoms with Crippen LogP contribution in [-0.4, -0.2) is 23.0 Å². The summed E-state index contributed by atoms with van der Waals surface area (Å²) in [6.07, 6.45) is 2.05. The van der Waals surface area contributed by atoms with Crippen LogP contribution in [0.25, 0.3) is 11.3 Å². The number of nitrogens with zero attached hydrogens (tertiary/aromatic N) is 1. The summed E-state index contributed by atoms with van der Waals surface area (Å²) in [7, 11) is 0. The van der Waals surface area contributed by atoms with Crippen LogP contribution in [0.15, 0.2) is 42.6 Å². The molecule has 1 aromatic heterocycles. The van der Waals surface area contributed by atoms with Gasteiger partial charge in [-0.05, 0) is 55.9 Å². The lowest BCUT2D eigenvalue weighted by Crippen LogP contribution is -2.38. The van der Waals surface area contributed by atoms with Crippen molar-refractivity contribution in [3.05, 3.63) is 53.7 Å². The van der Waals surface area contributed by atoms with Crippen molar-refractivity contribution in [2.24, 2.45) is 11.7 Å². The molecule has 2 aromatic rings. The van der Waals surface area contributed by atoms with Crippen molar-refractivity contribution >= 4 is 5.91 Å². The van der Waals surface area contributed by atoms with Crippen LogP contribution in [0, 0.1) is 5.92 Å². The second-order valence-electron chi connectivity index (χ2n) is 8.12. The molecule has 0 radical (unpaired) electrons. The number of pyridine rings is 1. The highest BCUT2D eigenvalue weighted by molar-refractivity contribution is 5.76. The molecule has 2 saturated carbocycles. The first kappa shape index (κ1) is 19.9. The molecule has 4 rings (SSSR count).